The average Bonchev–Trinajstić information content (AvgIpc) is 2.97. The zero-order valence-electron chi connectivity index (χ0n) is 14.5. The molecule has 1 aliphatic carbocycles. The Labute approximate surface area is 143 Å². The van der Waals surface area contributed by atoms with Gasteiger partial charge in [0.25, 0.3) is 0 Å². The lowest BCUT2D eigenvalue weighted by Gasteiger charge is -2.17. The molecule has 0 saturated carbocycles. The molecule has 2 saturated heterocycles. The quantitative estimate of drug-likeness (QED) is 0.384. The number of allylic oxidation sites excluding steroid dienone is 2. The molecule has 0 spiro atoms. The van der Waals surface area contributed by atoms with Crippen molar-refractivity contribution in [2.45, 2.75) is 64.6 Å². The lowest BCUT2D eigenvalue weighted by Crippen LogP contribution is -2.16. The molecule has 2 bridgehead atoms. The van der Waals surface area contributed by atoms with E-state index in [0.717, 1.165) is 37.7 Å². The van der Waals surface area contributed by atoms with Gasteiger partial charge in [-0.3, -0.25) is 4.79 Å². The fraction of sp³-hybridized carbons (Fsp3) is 0.600. The van der Waals surface area contributed by atoms with Gasteiger partial charge >= 0.3 is 11.9 Å². The lowest BCUT2D eigenvalue weighted by molar-refractivity contribution is -0.144. The Bertz CT molecular complexity index is 613. The van der Waals surface area contributed by atoms with E-state index in [-0.39, 0.29) is 36.0 Å². The number of ether oxygens (including phenoxy) is 2. The predicted octanol–water partition coefficient (Wildman–Crippen LogP) is 3.87. The molecule has 4 atom stereocenters. The van der Waals surface area contributed by atoms with Crippen molar-refractivity contribution in [3.05, 3.63) is 35.5 Å². The maximum absolute atomic E-state index is 12.0. The molecule has 24 heavy (non-hydrogen) atoms. The van der Waals surface area contributed by atoms with Gasteiger partial charge in [0, 0.05) is 17.9 Å². The molecular weight excluding hydrogens is 304 g/mol. The van der Waals surface area contributed by atoms with E-state index in [1.54, 1.807) is 0 Å². The van der Waals surface area contributed by atoms with Crippen molar-refractivity contribution in [3.63, 3.8) is 0 Å². The van der Waals surface area contributed by atoms with Crippen LogP contribution in [0.1, 0.15) is 52.4 Å². The summed E-state index contributed by atoms with van der Waals surface area (Å²) in [6, 6.07) is 0. The molecule has 4 heteroatoms. The van der Waals surface area contributed by atoms with E-state index < -0.39 is 0 Å². The van der Waals surface area contributed by atoms with Gasteiger partial charge < -0.3 is 9.47 Å². The van der Waals surface area contributed by atoms with Gasteiger partial charge in [-0.2, -0.15) is 0 Å². The van der Waals surface area contributed by atoms with Crippen LogP contribution in [-0.2, 0) is 19.1 Å². The van der Waals surface area contributed by atoms with Crippen molar-refractivity contribution in [3.8, 4) is 0 Å². The third-order valence-corrected chi connectivity index (χ3v) is 5.37. The summed E-state index contributed by atoms with van der Waals surface area (Å²) in [5.74, 6) is -0.288. The van der Waals surface area contributed by atoms with Gasteiger partial charge in [-0.25, -0.2) is 4.79 Å². The Morgan fingerprint density at radius 1 is 1.12 bits per heavy atom. The Kier molecular flexibility index (Phi) is 4.93. The van der Waals surface area contributed by atoms with Crippen LogP contribution in [0, 0.1) is 11.8 Å². The first-order chi connectivity index (χ1) is 11.4. The van der Waals surface area contributed by atoms with Gasteiger partial charge in [-0.15, -0.1) is 0 Å². The van der Waals surface area contributed by atoms with Crippen molar-refractivity contribution in [1.82, 2.24) is 0 Å². The second kappa shape index (κ2) is 6.96. The molecule has 0 radical (unpaired) electrons. The smallest absolute Gasteiger partial charge is 0.334 e. The van der Waals surface area contributed by atoms with Crippen LogP contribution >= 0.6 is 0 Å². The highest BCUT2D eigenvalue weighted by molar-refractivity contribution is 5.91. The Morgan fingerprint density at radius 3 is 2.71 bits per heavy atom. The number of fused-ring (bicyclic) bond motifs is 3. The van der Waals surface area contributed by atoms with E-state index in [2.05, 4.69) is 19.6 Å². The van der Waals surface area contributed by atoms with Gasteiger partial charge in [0.05, 0.1) is 5.92 Å². The topological polar surface area (TPSA) is 52.6 Å². The molecule has 2 fully saturated rings. The van der Waals surface area contributed by atoms with E-state index in [1.807, 2.05) is 13.0 Å². The van der Waals surface area contributed by atoms with Crippen LogP contribution in [0.25, 0.3) is 0 Å². The Hall–Kier alpha value is -1.84. The van der Waals surface area contributed by atoms with Crippen LogP contribution in [0.5, 0.6) is 0 Å². The van der Waals surface area contributed by atoms with Crippen molar-refractivity contribution in [1.29, 1.82) is 0 Å². The third kappa shape index (κ3) is 3.63. The summed E-state index contributed by atoms with van der Waals surface area (Å²) in [5, 5.41) is 0. The molecule has 0 aromatic rings. The highest BCUT2D eigenvalue weighted by atomic mass is 16.6. The van der Waals surface area contributed by atoms with Crippen molar-refractivity contribution >= 4 is 11.9 Å². The fourth-order valence-corrected chi connectivity index (χ4v) is 3.93. The second-order valence-corrected chi connectivity index (χ2v) is 7.38. The average molecular weight is 330 g/mol. The van der Waals surface area contributed by atoms with Crippen LogP contribution in [-0.4, -0.2) is 24.1 Å². The largest absolute Gasteiger partial charge is 0.462 e. The minimum Gasteiger partial charge on any atom is -0.462 e. The summed E-state index contributed by atoms with van der Waals surface area (Å²) in [7, 11) is 0. The number of carbonyl (C=O) groups excluding carboxylic acids is 2. The van der Waals surface area contributed by atoms with Gasteiger partial charge in [0.2, 0.25) is 0 Å². The van der Waals surface area contributed by atoms with Gasteiger partial charge in [-0.05, 0) is 52.0 Å². The molecular formula is C20H26O4. The highest BCUT2D eigenvalue weighted by Gasteiger charge is 2.38. The van der Waals surface area contributed by atoms with Crippen LogP contribution in [0.4, 0.5) is 0 Å². The summed E-state index contributed by atoms with van der Waals surface area (Å²) in [6.45, 7) is 8.05. The van der Waals surface area contributed by atoms with Crippen molar-refractivity contribution in [2.75, 3.05) is 0 Å². The summed E-state index contributed by atoms with van der Waals surface area (Å²) in [6.07, 6.45) is 8.98. The van der Waals surface area contributed by atoms with Gasteiger partial charge in [0.15, 0.2) is 0 Å². The standard InChI is InChI=1S/C20H26O4/c1-12-5-4-6-15-11-16(23-20(15)22)9-13(2)10-18-17(8-7-12)14(3)19(21)24-18/h5,10,15-18H,3-4,6-9,11H2,1-2H3. The molecule has 4 nitrogen and oxygen atoms in total. The molecule has 2 aliphatic heterocycles. The normalized spacial score (nSPS) is 34.7. The Balaban J connectivity index is 1.83. The molecule has 2 heterocycles. The maximum atomic E-state index is 12.0. The molecule has 0 aromatic carbocycles. The van der Waals surface area contributed by atoms with Gasteiger partial charge in [0.1, 0.15) is 12.2 Å². The zero-order chi connectivity index (χ0) is 17.3. The predicted molar refractivity (Wildman–Crippen MR) is 91.1 cm³/mol. The minimum atomic E-state index is -0.285. The van der Waals surface area contributed by atoms with E-state index in [4.69, 9.17) is 9.47 Å². The minimum absolute atomic E-state index is 0.0200. The number of esters is 2. The summed E-state index contributed by atoms with van der Waals surface area (Å²) in [4.78, 5) is 23.9. The Morgan fingerprint density at radius 2 is 1.92 bits per heavy atom. The van der Waals surface area contributed by atoms with E-state index in [0.29, 0.717) is 12.0 Å². The zero-order valence-corrected chi connectivity index (χ0v) is 14.5. The molecule has 3 rings (SSSR count). The van der Waals surface area contributed by atoms with Crippen LogP contribution in [0.3, 0.4) is 0 Å². The number of rotatable bonds is 0. The second-order valence-electron chi connectivity index (χ2n) is 7.38. The SMILES string of the molecule is C=C1C(=O)OC2C=C(C)CC3CC(CCC=C(C)CCC12)C(=O)O3. The molecule has 0 amide bonds. The van der Waals surface area contributed by atoms with Gasteiger partial charge in [-0.1, -0.05) is 23.8 Å². The van der Waals surface area contributed by atoms with Crippen molar-refractivity contribution < 1.29 is 19.1 Å². The molecule has 3 aliphatic rings. The van der Waals surface area contributed by atoms with E-state index in [9.17, 15) is 9.59 Å². The summed E-state index contributed by atoms with van der Waals surface area (Å²) >= 11 is 0. The van der Waals surface area contributed by atoms with Crippen LogP contribution < -0.4 is 0 Å². The summed E-state index contributed by atoms with van der Waals surface area (Å²) < 4.78 is 11.0. The summed E-state index contributed by atoms with van der Waals surface area (Å²) in [5.41, 5.74) is 2.98. The molecule has 4 unspecified atom stereocenters. The maximum Gasteiger partial charge on any atom is 0.334 e. The monoisotopic (exact) mass is 330 g/mol. The lowest BCUT2D eigenvalue weighted by atomic mass is 9.88. The first-order valence-corrected chi connectivity index (χ1v) is 8.87. The van der Waals surface area contributed by atoms with Crippen LogP contribution in [0.2, 0.25) is 0 Å². The number of carbonyl (C=O) groups is 2. The first-order valence-electron chi connectivity index (χ1n) is 8.87. The molecule has 0 aromatic heterocycles. The van der Waals surface area contributed by atoms with Crippen LogP contribution in [0.15, 0.2) is 35.5 Å². The molecule has 130 valence electrons. The first kappa shape index (κ1) is 17.0. The van der Waals surface area contributed by atoms with E-state index in [1.165, 1.54) is 5.57 Å². The number of hydrogen-bond acceptors (Lipinski definition) is 4. The molecule has 0 N–H and O–H groups in total. The van der Waals surface area contributed by atoms with E-state index >= 15 is 0 Å². The highest BCUT2D eigenvalue weighted by Crippen LogP contribution is 2.35. The van der Waals surface area contributed by atoms with Crippen molar-refractivity contribution in [2.24, 2.45) is 11.8 Å². The fourth-order valence-electron chi connectivity index (χ4n) is 3.93. The number of hydrogen-bond donors (Lipinski definition) is 0. The third-order valence-electron chi connectivity index (χ3n) is 5.37.